The van der Waals surface area contributed by atoms with Gasteiger partial charge in [-0.2, -0.15) is 0 Å². The van der Waals surface area contributed by atoms with E-state index in [0.29, 0.717) is 11.4 Å². The summed E-state index contributed by atoms with van der Waals surface area (Å²) in [6.07, 6.45) is 2.73. The second-order valence-corrected chi connectivity index (χ2v) is 5.83. The number of piperazine rings is 1. The Bertz CT molecular complexity index is 309. The first kappa shape index (κ1) is 15.4. The maximum absolute atomic E-state index is 11.9. The predicted molar refractivity (Wildman–Crippen MR) is 78.5 cm³/mol. The minimum absolute atomic E-state index is 0.256. The number of hydrogen-bond donors (Lipinski definition) is 1. The van der Waals surface area contributed by atoms with Crippen LogP contribution in [0.25, 0.3) is 0 Å². The summed E-state index contributed by atoms with van der Waals surface area (Å²) in [4.78, 5) is 16.6. The standard InChI is InChI=1S/C13H25N3OS/c1-4-5-6-11(17)15-7-9-16(10-8-15)13(2,3)12(14)18/h4-10H2,1-3H3,(H2,14,18). The monoisotopic (exact) mass is 271 g/mol. The van der Waals surface area contributed by atoms with Crippen molar-refractivity contribution in [2.24, 2.45) is 5.73 Å². The van der Waals surface area contributed by atoms with Gasteiger partial charge < -0.3 is 10.6 Å². The molecule has 0 bridgehead atoms. The van der Waals surface area contributed by atoms with Crippen molar-refractivity contribution in [1.29, 1.82) is 0 Å². The maximum atomic E-state index is 11.9. The number of thiocarbonyl (C=S) groups is 1. The smallest absolute Gasteiger partial charge is 0.222 e. The summed E-state index contributed by atoms with van der Waals surface area (Å²) in [5.74, 6) is 0.282. The van der Waals surface area contributed by atoms with E-state index in [-0.39, 0.29) is 11.4 Å². The van der Waals surface area contributed by atoms with E-state index in [1.165, 1.54) is 0 Å². The number of nitrogens with two attached hydrogens (primary N) is 1. The SMILES string of the molecule is CCCCC(=O)N1CCN(C(C)(C)C(N)=S)CC1. The van der Waals surface area contributed by atoms with Gasteiger partial charge in [-0.25, -0.2) is 0 Å². The zero-order valence-corrected chi connectivity index (χ0v) is 12.6. The van der Waals surface area contributed by atoms with Gasteiger partial charge in [0.25, 0.3) is 0 Å². The van der Waals surface area contributed by atoms with E-state index in [1.54, 1.807) is 0 Å². The minimum Gasteiger partial charge on any atom is -0.392 e. The molecule has 0 unspecified atom stereocenters. The fourth-order valence-electron chi connectivity index (χ4n) is 2.16. The highest BCUT2D eigenvalue weighted by molar-refractivity contribution is 7.80. The molecule has 2 N–H and O–H groups in total. The highest BCUT2D eigenvalue weighted by Crippen LogP contribution is 2.18. The van der Waals surface area contributed by atoms with E-state index in [1.807, 2.05) is 18.7 Å². The fourth-order valence-corrected chi connectivity index (χ4v) is 2.29. The molecule has 1 heterocycles. The van der Waals surface area contributed by atoms with Crippen LogP contribution in [0.1, 0.15) is 40.0 Å². The Morgan fingerprint density at radius 3 is 2.28 bits per heavy atom. The van der Waals surface area contributed by atoms with E-state index in [2.05, 4.69) is 11.8 Å². The van der Waals surface area contributed by atoms with Crippen LogP contribution in [0, 0.1) is 0 Å². The van der Waals surface area contributed by atoms with Gasteiger partial charge in [0.1, 0.15) is 0 Å². The van der Waals surface area contributed by atoms with Crippen molar-refractivity contribution in [3.8, 4) is 0 Å². The van der Waals surface area contributed by atoms with Gasteiger partial charge in [0.2, 0.25) is 5.91 Å². The summed E-state index contributed by atoms with van der Waals surface area (Å²) >= 11 is 5.11. The maximum Gasteiger partial charge on any atom is 0.222 e. The molecule has 0 spiro atoms. The Morgan fingerprint density at radius 2 is 1.83 bits per heavy atom. The van der Waals surface area contributed by atoms with Crippen molar-refractivity contribution < 1.29 is 4.79 Å². The average molecular weight is 271 g/mol. The molecule has 104 valence electrons. The van der Waals surface area contributed by atoms with E-state index < -0.39 is 0 Å². The molecule has 0 aromatic heterocycles. The zero-order chi connectivity index (χ0) is 13.8. The lowest BCUT2D eigenvalue weighted by Crippen LogP contribution is -2.59. The Balaban J connectivity index is 2.46. The molecule has 1 amide bonds. The highest BCUT2D eigenvalue weighted by Gasteiger charge is 2.33. The van der Waals surface area contributed by atoms with Crippen LogP contribution < -0.4 is 5.73 Å². The minimum atomic E-state index is -0.256. The van der Waals surface area contributed by atoms with Crippen LogP contribution in [0.15, 0.2) is 0 Å². The van der Waals surface area contributed by atoms with Crippen LogP contribution in [-0.2, 0) is 4.79 Å². The molecule has 1 saturated heterocycles. The lowest BCUT2D eigenvalue weighted by molar-refractivity contribution is -0.133. The first-order valence-electron chi connectivity index (χ1n) is 6.72. The van der Waals surface area contributed by atoms with Crippen LogP contribution in [0.2, 0.25) is 0 Å². The van der Waals surface area contributed by atoms with Gasteiger partial charge >= 0.3 is 0 Å². The van der Waals surface area contributed by atoms with Gasteiger partial charge in [0.15, 0.2) is 0 Å². The topological polar surface area (TPSA) is 49.6 Å². The number of unbranched alkanes of at least 4 members (excludes halogenated alkanes) is 1. The van der Waals surface area contributed by atoms with Gasteiger partial charge in [-0.1, -0.05) is 25.6 Å². The highest BCUT2D eigenvalue weighted by atomic mass is 32.1. The van der Waals surface area contributed by atoms with Gasteiger partial charge in [-0.3, -0.25) is 9.69 Å². The molecule has 0 aliphatic carbocycles. The van der Waals surface area contributed by atoms with Gasteiger partial charge in [-0.15, -0.1) is 0 Å². The molecule has 1 aliphatic rings. The van der Waals surface area contributed by atoms with E-state index >= 15 is 0 Å². The Morgan fingerprint density at radius 1 is 1.28 bits per heavy atom. The van der Waals surface area contributed by atoms with E-state index in [0.717, 1.165) is 39.0 Å². The average Bonchev–Trinajstić information content (AvgIpc) is 2.35. The first-order valence-corrected chi connectivity index (χ1v) is 7.13. The quantitative estimate of drug-likeness (QED) is 0.768. The second kappa shape index (κ2) is 6.48. The van der Waals surface area contributed by atoms with Gasteiger partial charge in [0.05, 0.1) is 10.5 Å². The number of carbonyl (C=O) groups is 1. The predicted octanol–water partition coefficient (Wildman–Crippen LogP) is 1.39. The molecule has 4 nitrogen and oxygen atoms in total. The molecule has 0 atom stereocenters. The molecule has 1 fully saturated rings. The van der Waals surface area contributed by atoms with Crippen molar-refractivity contribution >= 4 is 23.1 Å². The number of rotatable bonds is 5. The second-order valence-electron chi connectivity index (χ2n) is 5.39. The van der Waals surface area contributed by atoms with Crippen molar-refractivity contribution in [1.82, 2.24) is 9.80 Å². The molecule has 1 rings (SSSR count). The Hall–Kier alpha value is -0.680. The number of nitrogens with zero attached hydrogens (tertiary/aromatic N) is 2. The molecule has 0 radical (unpaired) electrons. The summed E-state index contributed by atoms with van der Waals surface area (Å²) in [6.45, 7) is 9.47. The molecule has 1 aliphatic heterocycles. The van der Waals surface area contributed by atoms with Crippen LogP contribution in [-0.4, -0.2) is 52.4 Å². The van der Waals surface area contributed by atoms with Crippen molar-refractivity contribution in [3.05, 3.63) is 0 Å². The van der Waals surface area contributed by atoms with Crippen LogP contribution >= 0.6 is 12.2 Å². The van der Waals surface area contributed by atoms with Gasteiger partial charge in [-0.05, 0) is 20.3 Å². The summed E-state index contributed by atoms with van der Waals surface area (Å²) in [6, 6.07) is 0. The number of carbonyl (C=O) groups excluding carboxylic acids is 1. The van der Waals surface area contributed by atoms with Gasteiger partial charge in [0, 0.05) is 32.6 Å². The lowest BCUT2D eigenvalue weighted by atomic mass is 10.0. The first-order chi connectivity index (χ1) is 8.39. The molecule has 18 heavy (non-hydrogen) atoms. The largest absolute Gasteiger partial charge is 0.392 e. The summed E-state index contributed by atoms with van der Waals surface area (Å²) in [7, 11) is 0. The third kappa shape index (κ3) is 3.65. The van der Waals surface area contributed by atoms with Crippen molar-refractivity contribution in [3.63, 3.8) is 0 Å². The number of hydrogen-bond acceptors (Lipinski definition) is 3. The van der Waals surface area contributed by atoms with Crippen LogP contribution in [0.4, 0.5) is 0 Å². The van der Waals surface area contributed by atoms with Crippen LogP contribution in [0.3, 0.4) is 0 Å². The third-order valence-electron chi connectivity index (χ3n) is 3.77. The summed E-state index contributed by atoms with van der Waals surface area (Å²) in [5.41, 5.74) is 5.51. The third-order valence-corrected chi connectivity index (χ3v) is 4.27. The molecular weight excluding hydrogens is 246 g/mol. The molecule has 0 aromatic rings. The Labute approximate surface area is 115 Å². The van der Waals surface area contributed by atoms with Crippen molar-refractivity contribution in [2.75, 3.05) is 26.2 Å². The van der Waals surface area contributed by atoms with E-state index in [9.17, 15) is 4.79 Å². The summed E-state index contributed by atoms with van der Waals surface area (Å²) in [5, 5.41) is 0. The van der Waals surface area contributed by atoms with Crippen molar-refractivity contribution in [2.45, 2.75) is 45.6 Å². The number of amides is 1. The molecule has 5 heteroatoms. The van der Waals surface area contributed by atoms with Crippen LogP contribution in [0.5, 0.6) is 0 Å². The zero-order valence-electron chi connectivity index (χ0n) is 11.7. The summed E-state index contributed by atoms with van der Waals surface area (Å²) < 4.78 is 0. The van der Waals surface area contributed by atoms with E-state index in [4.69, 9.17) is 18.0 Å². The Kier molecular flexibility index (Phi) is 5.53. The molecule has 0 aromatic carbocycles. The fraction of sp³-hybridized carbons (Fsp3) is 0.846. The molecular formula is C13H25N3OS. The normalized spacial score (nSPS) is 17.8. The lowest BCUT2D eigenvalue weighted by Gasteiger charge is -2.43. The molecule has 0 saturated carbocycles.